The van der Waals surface area contributed by atoms with Crippen molar-refractivity contribution in [1.29, 1.82) is 0 Å². The van der Waals surface area contributed by atoms with Crippen LogP contribution in [0.1, 0.15) is 71.1 Å². The van der Waals surface area contributed by atoms with Gasteiger partial charge in [-0.25, -0.2) is 0 Å². The molecule has 0 saturated carbocycles. The SMILES string of the molecule is C/C=C/CC/C=C/CC/C=C/CC/C=C/CCCCC(=O)O. The van der Waals surface area contributed by atoms with Crippen LogP contribution in [0.4, 0.5) is 0 Å². The van der Waals surface area contributed by atoms with E-state index >= 15 is 0 Å². The van der Waals surface area contributed by atoms with E-state index in [1.54, 1.807) is 0 Å². The number of aliphatic carboxylic acids is 1. The van der Waals surface area contributed by atoms with Gasteiger partial charge in [0.1, 0.15) is 0 Å². The minimum Gasteiger partial charge on any atom is -0.481 e. The van der Waals surface area contributed by atoms with E-state index in [4.69, 9.17) is 5.11 Å². The number of hydrogen-bond acceptors (Lipinski definition) is 1. The lowest BCUT2D eigenvalue weighted by Crippen LogP contribution is -1.92. The van der Waals surface area contributed by atoms with Gasteiger partial charge in [-0.2, -0.15) is 0 Å². The number of rotatable bonds is 14. The fourth-order valence-electron chi connectivity index (χ4n) is 1.99. The highest BCUT2D eigenvalue weighted by molar-refractivity contribution is 5.66. The molecule has 2 heteroatoms. The average molecular weight is 304 g/mol. The smallest absolute Gasteiger partial charge is 0.303 e. The molecular weight excluding hydrogens is 272 g/mol. The van der Waals surface area contributed by atoms with Gasteiger partial charge in [0.2, 0.25) is 0 Å². The van der Waals surface area contributed by atoms with Gasteiger partial charge in [0, 0.05) is 6.42 Å². The van der Waals surface area contributed by atoms with Crippen molar-refractivity contribution in [2.45, 2.75) is 71.1 Å². The molecule has 0 heterocycles. The summed E-state index contributed by atoms with van der Waals surface area (Å²) in [4.78, 5) is 10.3. The van der Waals surface area contributed by atoms with Crippen LogP contribution >= 0.6 is 0 Å². The molecule has 0 aromatic rings. The van der Waals surface area contributed by atoms with E-state index in [2.05, 4.69) is 55.5 Å². The molecule has 0 radical (unpaired) electrons. The van der Waals surface area contributed by atoms with Crippen molar-refractivity contribution in [3.8, 4) is 0 Å². The molecule has 0 bridgehead atoms. The Kier molecular flexibility index (Phi) is 16.2. The van der Waals surface area contributed by atoms with Gasteiger partial charge in [-0.3, -0.25) is 4.79 Å². The van der Waals surface area contributed by atoms with Gasteiger partial charge < -0.3 is 5.11 Å². The maximum atomic E-state index is 10.3. The predicted octanol–water partition coefficient (Wildman–Crippen LogP) is 6.22. The summed E-state index contributed by atoms with van der Waals surface area (Å²) < 4.78 is 0. The third kappa shape index (κ3) is 18.4. The van der Waals surface area contributed by atoms with Gasteiger partial charge in [-0.15, -0.1) is 0 Å². The van der Waals surface area contributed by atoms with Gasteiger partial charge >= 0.3 is 5.97 Å². The molecule has 0 aliphatic heterocycles. The van der Waals surface area contributed by atoms with Crippen LogP contribution in [0.2, 0.25) is 0 Å². The molecule has 0 spiro atoms. The molecule has 0 rings (SSSR count). The second kappa shape index (κ2) is 17.5. The molecule has 0 amide bonds. The summed E-state index contributed by atoms with van der Waals surface area (Å²) in [5.41, 5.74) is 0. The molecule has 2 nitrogen and oxygen atoms in total. The van der Waals surface area contributed by atoms with Gasteiger partial charge in [0.05, 0.1) is 0 Å². The standard InChI is InChI=1S/C20H32O2/c1-2-3-4-5-6-7-8-9-10-11-12-13-14-15-16-17-18-19-20(21)22/h2-3,6-7,10-11,14-15H,4-5,8-9,12-13,16-19H2,1H3,(H,21,22)/b3-2+,7-6+,11-10+,15-14+. The van der Waals surface area contributed by atoms with Crippen LogP contribution in [-0.2, 0) is 4.79 Å². The maximum Gasteiger partial charge on any atom is 0.303 e. The van der Waals surface area contributed by atoms with Gasteiger partial charge in [-0.1, -0.05) is 48.6 Å². The van der Waals surface area contributed by atoms with E-state index in [1.807, 2.05) is 0 Å². The van der Waals surface area contributed by atoms with Crippen LogP contribution in [0.15, 0.2) is 48.6 Å². The molecule has 0 aliphatic rings. The Bertz CT molecular complexity index is 362. The summed E-state index contributed by atoms with van der Waals surface area (Å²) in [7, 11) is 0. The van der Waals surface area contributed by atoms with E-state index in [0.717, 1.165) is 57.8 Å². The lowest BCUT2D eigenvalue weighted by atomic mass is 10.1. The van der Waals surface area contributed by atoms with Crippen molar-refractivity contribution < 1.29 is 9.90 Å². The van der Waals surface area contributed by atoms with Crippen LogP contribution in [0, 0.1) is 0 Å². The quantitative estimate of drug-likeness (QED) is 0.305. The van der Waals surface area contributed by atoms with E-state index in [9.17, 15) is 4.79 Å². The van der Waals surface area contributed by atoms with Gasteiger partial charge in [-0.05, 0) is 64.7 Å². The zero-order chi connectivity index (χ0) is 16.3. The summed E-state index contributed by atoms with van der Waals surface area (Å²) >= 11 is 0. The molecule has 0 aliphatic carbocycles. The Labute approximate surface area is 136 Å². The first-order valence-corrected chi connectivity index (χ1v) is 8.55. The molecule has 0 fully saturated rings. The Balaban J connectivity index is 3.31. The third-order valence-corrected chi connectivity index (χ3v) is 3.25. The van der Waals surface area contributed by atoms with Gasteiger partial charge in [0.25, 0.3) is 0 Å². The van der Waals surface area contributed by atoms with Crippen LogP contribution < -0.4 is 0 Å². The Morgan fingerprint density at radius 2 is 1.09 bits per heavy atom. The highest BCUT2D eigenvalue weighted by atomic mass is 16.4. The Morgan fingerprint density at radius 3 is 1.50 bits per heavy atom. The fraction of sp³-hybridized carbons (Fsp3) is 0.550. The molecule has 0 atom stereocenters. The molecule has 0 saturated heterocycles. The maximum absolute atomic E-state index is 10.3. The van der Waals surface area contributed by atoms with Crippen molar-refractivity contribution in [3.63, 3.8) is 0 Å². The zero-order valence-electron chi connectivity index (χ0n) is 14.0. The van der Waals surface area contributed by atoms with Crippen LogP contribution in [-0.4, -0.2) is 11.1 Å². The molecule has 0 unspecified atom stereocenters. The van der Waals surface area contributed by atoms with Crippen molar-refractivity contribution in [1.82, 2.24) is 0 Å². The zero-order valence-corrected chi connectivity index (χ0v) is 14.0. The second-order valence-corrected chi connectivity index (χ2v) is 5.35. The van der Waals surface area contributed by atoms with Crippen LogP contribution in [0.3, 0.4) is 0 Å². The molecule has 0 aromatic carbocycles. The highest BCUT2D eigenvalue weighted by Gasteiger charge is 1.93. The largest absolute Gasteiger partial charge is 0.481 e. The van der Waals surface area contributed by atoms with Crippen LogP contribution in [0.25, 0.3) is 0 Å². The summed E-state index contributed by atoms with van der Waals surface area (Å²) in [6.07, 6.45) is 27.5. The number of hydrogen-bond donors (Lipinski definition) is 1. The van der Waals surface area contributed by atoms with Crippen molar-refractivity contribution in [2.24, 2.45) is 0 Å². The summed E-state index contributed by atoms with van der Waals surface area (Å²) in [6, 6.07) is 0. The molecule has 22 heavy (non-hydrogen) atoms. The third-order valence-electron chi connectivity index (χ3n) is 3.25. The summed E-state index contributed by atoms with van der Waals surface area (Å²) in [5, 5.41) is 8.51. The van der Waals surface area contributed by atoms with Crippen molar-refractivity contribution in [3.05, 3.63) is 48.6 Å². The average Bonchev–Trinajstić information content (AvgIpc) is 2.50. The van der Waals surface area contributed by atoms with E-state index in [0.29, 0.717) is 6.42 Å². The number of unbranched alkanes of at least 4 members (excludes halogenated alkanes) is 5. The highest BCUT2D eigenvalue weighted by Crippen LogP contribution is 2.03. The number of carboxylic acid groups (broad SMARTS) is 1. The van der Waals surface area contributed by atoms with Crippen molar-refractivity contribution >= 4 is 5.97 Å². The van der Waals surface area contributed by atoms with E-state index in [-0.39, 0.29) is 0 Å². The lowest BCUT2D eigenvalue weighted by molar-refractivity contribution is -0.137. The molecule has 1 N–H and O–H groups in total. The minimum absolute atomic E-state index is 0.292. The number of carboxylic acids is 1. The number of allylic oxidation sites excluding steroid dienone is 8. The second-order valence-electron chi connectivity index (χ2n) is 5.35. The molecule has 0 aromatic heterocycles. The van der Waals surface area contributed by atoms with Crippen LogP contribution in [0.5, 0.6) is 0 Å². The first-order valence-electron chi connectivity index (χ1n) is 8.55. The fourth-order valence-corrected chi connectivity index (χ4v) is 1.99. The first kappa shape index (κ1) is 20.4. The van der Waals surface area contributed by atoms with Crippen molar-refractivity contribution in [2.75, 3.05) is 0 Å². The van der Waals surface area contributed by atoms with E-state index in [1.165, 1.54) is 0 Å². The predicted molar refractivity (Wildman–Crippen MR) is 96.0 cm³/mol. The Hall–Kier alpha value is -1.57. The number of carbonyl (C=O) groups is 1. The topological polar surface area (TPSA) is 37.3 Å². The lowest BCUT2D eigenvalue weighted by Gasteiger charge is -1.93. The minimum atomic E-state index is -0.693. The van der Waals surface area contributed by atoms with E-state index < -0.39 is 5.97 Å². The first-order chi connectivity index (χ1) is 10.8. The monoisotopic (exact) mass is 304 g/mol. The normalized spacial score (nSPS) is 12.4. The summed E-state index contributed by atoms with van der Waals surface area (Å²) in [5.74, 6) is -0.693. The molecular formula is C20H32O2. The Morgan fingerprint density at radius 1 is 0.682 bits per heavy atom. The molecule has 124 valence electrons. The van der Waals surface area contributed by atoms with Gasteiger partial charge in [0.15, 0.2) is 0 Å². The summed E-state index contributed by atoms with van der Waals surface area (Å²) in [6.45, 7) is 2.06.